The number of anilines is 1. The van der Waals surface area contributed by atoms with E-state index in [1.54, 1.807) is 0 Å². The van der Waals surface area contributed by atoms with Gasteiger partial charge in [-0.05, 0) is 42.2 Å². The monoisotopic (exact) mass is 500 g/mol. The SMILES string of the molecule is CCOc1ccc(CC(=O)Nc2sc3c(c2C(=O)OC)CCN(Cc2ccccc2)C3)cc1.Cl. The number of nitrogens with one attached hydrogen (secondary N) is 1. The van der Waals surface area contributed by atoms with Crippen molar-refractivity contribution in [2.24, 2.45) is 0 Å². The van der Waals surface area contributed by atoms with Crippen molar-refractivity contribution in [3.05, 3.63) is 81.7 Å². The highest BCUT2D eigenvalue weighted by Crippen LogP contribution is 2.38. The zero-order valence-corrected chi connectivity index (χ0v) is 21.0. The Bertz CT molecular complexity index is 1120. The van der Waals surface area contributed by atoms with Crippen LogP contribution in [0.15, 0.2) is 54.6 Å². The Kier molecular flexibility index (Phi) is 9.10. The Labute approximate surface area is 210 Å². The van der Waals surface area contributed by atoms with E-state index in [0.717, 1.165) is 47.8 Å². The molecule has 0 saturated carbocycles. The largest absolute Gasteiger partial charge is 0.494 e. The summed E-state index contributed by atoms with van der Waals surface area (Å²) in [5.74, 6) is 0.213. The Morgan fingerprint density at radius 1 is 1.06 bits per heavy atom. The number of nitrogens with zero attached hydrogens (tertiary/aromatic N) is 1. The van der Waals surface area contributed by atoms with Crippen molar-refractivity contribution >= 4 is 40.6 Å². The Morgan fingerprint density at radius 3 is 2.47 bits per heavy atom. The van der Waals surface area contributed by atoms with E-state index in [1.165, 1.54) is 24.0 Å². The summed E-state index contributed by atoms with van der Waals surface area (Å²) >= 11 is 1.47. The Balaban J connectivity index is 0.00000324. The molecule has 3 aromatic rings. The Hall–Kier alpha value is -2.87. The summed E-state index contributed by atoms with van der Waals surface area (Å²) in [4.78, 5) is 28.8. The van der Waals surface area contributed by atoms with E-state index >= 15 is 0 Å². The molecule has 1 N–H and O–H groups in total. The Morgan fingerprint density at radius 2 is 1.79 bits per heavy atom. The molecule has 1 aliphatic heterocycles. The summed E-state index contributed by atoms with van der Waals surface area (Å²) in [6, 6.07) is 17.8. The van der Waals surface area contributed by atoms with Crippen LogP contribution in [0.25, 0.3) is 0 Å². The lowest BCUT2D eigenvalue weighted by molar-refractivity contribution is -0.115. The minimum Gasteiger partial charge on any atom is -0.494 e. The van der Waals surface area contributed by atoms with Crippen LogP contribution in [0.1, 0.15) is 38.8 Å². The molecule has 1 aliphatic rings. The smallest absolute Gasteiger partial charge is 0.341 e. The number of carbonyl (C=O) groups excluding carboxylic acids is 2. The fraction of sp³-hybridized carbons (Fsp3) is 0.308. The number of amides is 1. The van der Waals surface area contributed by atoms with Crippen molar-refractivity contribution in [3.63, 3.8) is 0 Å². The van der Waals surface area contributed by atoms with Crippen molar-refractivity contribution in [3.8, 4) is 5.75 Å². The van der Waals surface area contributed by atoms with Crippen molar-refractivity contribution in [1.29, 1.82) is 0 Å². The molecule has 34 heavy (non-hydrogen) atoms. The number of benzene rings is 2. The number of hydrogen-bond donors (Lipinski definition) is 1. The van der Waals surface area contributed by atoms with Crippen LogP contribution >= 0.6 is 23.7 Å². The zero-order chi connectivity index (χ0) is 23.2. The summed E-state index contributed by atoms with van der Waals surface area (Å²) in [5, 5.41) is 3.54. The lowest BCUT2D eigenvalue weighted by Gasteiger charge is -2.27. The third-order valence-corrected chi connectivity index (χ3v) is 6.76. The molecule has 8 heteroatoms. The molecule has 2 aromatic carbocycles. The number of esters is 1. The van der Waals surface area contributed by atoms with Crippen LogP contribution in [0.4, 0.5) is 5.00 Å². The van der Waals surface area contributed by atoms with Gasteiger partial charge in [0.25, 0.3) is 0 Å². The summed E-state index contributed by atoms with van der Waals surface area (Å²) in [5.41, 5.74) is 3.63. The topological polar surface area (TPSA) is 67.9 Å². The molecule has 4 rings (SSSR count). The van der Waals surface area contributed by atoms with E-state index in [2.05, 4.69) is 22.3 Å². The standard InChI is InChI=1S/C26H28N2O4S.ClH/c1-3-32-20-11-9-18(10-12-20)15-23(29)27-25-24(26(30)31-2)21-13-14-28(17-22(21)33-25)16-19-7-5-4-6-8-19;/h4-12H,3,13-17H2,1-2H3,(H,27,29);1H. The maximum absolute atomic E-state index is 12.8. The second-order valence-electron chi connectivity index (χ2n) is 7.95. The predicted octanol–water partition coefficient (Wildman–Crippen LogP) is 5.09. The van der Waals surface area contributed by atoms with Crippen LogP contribution in [-0.4, -0.2) is 37.0 Å². The summed E-state index contributed by atoms with van der Waals surface area (Å²) in [6.45, 7) is 4.98. The van der Waals surface area contributed by atoms with Gasteiger partial charge in [0.1, 0.15) is 10.8 Å². The summed E-state index contributed by atoms with van der Waals surface area (Å²) in [7, 11) is 1.38. The first-order valence-electron chi connectivity index (χ1n) is 11.1. The third kappa shape index (κ3) is 6.17. The highest BCUT2D eigenvalue weighted by atomic mass is 35.5. The van der Waals surface area contributed by atoms with Crippen LogP contribution < -0.4 is 10.1 Å². The number of rotatable bonds is 8. The molecule has 0 unspecified atom stereocenters. The van der Waals surface area contributed by atoms with Gasteiger partial charge in [0.15, 0.2) is 0 Å². The van der Waals surface area contributed by atoms with Crippen molar-refractivity contribution < 1.29 is 19.1 Å². The number of thiophene rings is 1. The first-order valence-corrected chi connectivity index (χ1v) is 11.9. The fourth-order valence-corrected chi connectivity index (χ4v) is 5.36. The minimum atomic E-state index is -0.402. The molecule has 180 valence electrons. The zero-order valence-electron chi connectivity index (χ0n) is 19.3. The van der Waals surface area contributed by atoms with E-state index in [9.17, 15) is 9.59 Å². The van der Waals surface area contributed by atoms with Crippen molar-refractivity contribution in [1.82, 2.24) is 4.90 Å². The van der Waals surface area contributed by atoms with Gasteiger partial charge >= 0.3 is 5.97 Å². The molecule has 1 aromatic heterocycles. The highest BCUT2D eigenvalue weighted by molar-refractivity contribution is 7.17. The molecule has 6 nitrogen and oxygen atoms in total. The molecule has 0 fully saturated rings. The second-order valence-corrected chi connectivity index (χ2v) is 9.05. The fourth-order valence-electron chi connectivity index (χ4n) is 4.07. The minimum absolute atomic E-state index is 0. The number of halogens is 1. The third-order valence-electron chi connectivity index (χ3n) is 5.63. The van der Waals surface area contributed by atoms with E-state index < -0.39 is 5.97 Å². The van der Waals surface area contributed by atoms with Crippen LogP contribution in [0.5, 0.6) is 5.75 Å². The number of ether oxygens (including phenoxy) is 2. The average molecular weight is 501 g/mol. The molecule has 0 bridgehead atoms. The maximum Gasteiger partial charge on any atom is 0.341 e. The van der Waals surface area contributed by atoms with Gasteiger partial charge in [-0.2, -0.15) is 0 Å². The van der Waals surface area contributed by atoms with Gasteiger partial charge in [-0.1, -0.05) is 42.5 Å². The van der Waals surface area contributed by atoms with Crippen LogP contribution in [0.3, 0.4) is 0 Å². The van der Waals surface area contributed by atoms with Gasteiger partial charge in [0, 0.05) is 24.5 Å². The average Bonchev–Trinajstić information content (AvgIpc) is 3.17. The maximum atomic E-state index is 12.8. The molecular weight excluding hydrogens is 472 g/mol. The van der Waals surface area contributed by atoms with Gasteiger partial charge in [0.2, 0.25) is 5.91 Å². The number of fused-ring (bicyclic) bond motifs is 1. The van der Waals surface area contributed by atoms with E-state index in [1.807, 2.05) is 49.4 Å². The first-order chi connectivity index (χ1) is 16.1. The number of hydrogen-bond acceptors (Lipinski definition) is 6. The van der Waals surface area contributed by atoms with Crippen molar-refractivity contribution in [2.75, 3.05) is 25.6 Å². The lowest BCUT2D eigenvalue weighted by atomic mass is 10.0. The molecular formula is C26H29ClN2O4S. The van der Waals surface area contributed by atoms with Gasteiger partial charge in [-0.25, -0.2) is 4.79 Å². The van der Waals surface area contributed by atoms with Gasteiger partial charge in [-0.3, -0.25) is 9.69 Å². The van der Waals surface area contributed by atoms with E-state index in [0.29, 0.717) is 17.2 Å². The van der Waals surface area contributed by atoms with Gasteiger partial charge in [-0.15, -0.1) is 23.7 Å². The quantitative estimate of drug-likeness (QED) is 0.436. The molecule has 0 saturated heterocycles. The predicted molar refractivity (Wildman–Crippen MR) is 137 cm³/mol. The highest BCUT2D eigenvalue weighted by Gasteiger charge is 2.29. The molecule has 0 radical (unpaired) electrons. The van der Waals surface area contributed by atoms with E-state index in [4.69, 9.17) is 9.47 Å². The second kappa shape index (κ2) is 12.0. The summed E-state index contributed by atoms with van der Waals surface area (Å²) < 4.78 is 10.5. The van der Waals surface area contributed by atoms with Crippen LogP contribution in [-0.2, 0) is 35.5 Å². The molecule has 0 aliphatic carbocycles. The van der Waals surface area contributed by atoms with Crippen LogP contribution in [0, 0.1) is 0 Å². The van der Waals surface area contributed by atoms with Gasteiger partial charge < -0.3 is 14.8 Å². The number of methoxy groups -OCH3 is 1. The summed E-state index contributed by atoms with van der Waals surface area (Å²) in [6.07, 6.45) is 0.966. The number of carbonyl (C=O) groups is 2. The first kappa shape index (κ1) is 25.7. The lowest BCUT2D eigenvalue weighted by Crippen LogP contribution is -2.29. The molecule has 2 heterocycles. The van der Waals surface area contributed by atoms with Gasteiger partial charge in [0.05, 0.1) is 25.7 Å². The normalized spacial score (nSPS) is 12.9. The molecule has 0 spiro atoms. The molecule has 0 atom stereocenters. The van der Waals surface area contributed by atoms with E-state index in [-0.39, 0.29) is 24.7 Å². The van der Waals surface area contributed by atoms with Crippen molar-refractivity contribution in [2.45, 2.75) is 32.9 Å². The van der Waals surface area contributed by atoms with Crippen LogP contribution in [0.2, 0.25) is 0 Å². The molecule has 1 amide bonds.